The second-order valence-corrected chi connectivity index (χ2v) is 7.88. The van der Waals surface area contributed by atoms with Crippen LogP contribution in [0.2, 0.25) is 0 Å². The van der Waals surface area contributed by atoms with E-state index < -0.39 is 11.2 Å². The molecule has 0 spiro atoms. The van der Waals surface area contributed by atoms with Gasteiger partial charge in [0.05, 0.1) is 16.8 Å². The highest BCUT2D eigenvalue weighted by Crippen LogP contribution is 2.15. The Morgan fingerprint density at radius 2 is 1.90 bits per heavy atom. The van der Waals surface area contributed by atoms with Crippen LogP contribution in [0.5, 0.6) is 0 Å². The number of hydrogen-bond acceptors (Lipinski definition) is 4. The van der Waals surface area contributed by atoms with E-state index in [0.717, 1.165) is 23.1 Å². The van der Waals surface area contributed by atoms with Gasteiger partial charge in [-0.2, -0.15) is 0 Å². The molecule has 1 saturated heterocycles. The zero-order valence-electron chi connectivity index (χ0n) is 17.6. The fraction of sp³-hybridized carbons (Fsp3) is 0.364. The van der Waals surface area contributed by atoms with Gasteiger partial charge in [0.2, 0.25) is 5.91 Å². The van der Waals surface area contributed by atoms with E-state index in [1.54, 1.807) is 34.8 Å². The highest BCUT2D eigenvalue weighted by atomic mass is 16.2. The van der Waals surface area contributed by atoms with E-state index in [1.165, 1.54) is 0 Å². The lowest BCUT2D eigenvalue weighted by molar-refractivity contribution is -0.127. The van der Waals surface area contributed by atoms with Crippen molar-refractivity contribution in [3.05, 3.63) is 62.4 Å². The Bertz CT molecular complexity index is 1270. The molecule has 9 nitrogen and oxygen atoms in total. The summed E-state index contributed by atoms with van der Waals surface area (Å²) in [7, 11) is 1.66. The molecule has 0 saturated carbocycles. The van der Waals surface area contributed by atoms with Gasteiger partial charge in [-0.15, -0.1) is 0 Å². The Labute approximate surface area is 178 Å². The summed E-state index contributed by atoms with van der Waals surface area (Å²) in [6, 6.07) is 7.06. The summed E-state index contributed by atoms with van der Waals surface area (Å²) in [4.78, 5) is 54.6. The van der Waals surface area contributed by atoms with Gasteiger partial charge < -0.3 is 19.8 Å². The second-order valence-electron chi connectivity index (χ2n) is 7.88. The quantitative estimate of drug-likeness (QED) is 0.578. The van der Waals surface area contributed by atoms with Crippen molar-refractivity contribution >= 4 is 22.8 Å². The van der Waals surface area contributed by atoms with Crippen LogP contribution >= 0.6 is 0 Å². The van der Waals surface area contributed by atoms with Gasteiger partial charge in [-0.1, -0.05) is 17.7 Å². The molecule has 0 aliphatic carbocycles. The van der Waals surface area contributed by atoms with Gasteiger partial charge in [0, 0.05) is 39.3 Å². The SMILES string of the molecule is Cc1ccc(-n2c(=O)[nH]c3c(C(=O)NCCCN4CCCC4=O)cn(C)c3c2=O)cc1. The second kappa shape index (κ2) is 8.25. The first-order valence-electron chi connectivity index (χ1n) is 10.3. The predicted octanol–water partition coefficient (Wildman–Crippen LogP) is 1.07. The first-order chi connectivity index (χ1) is 14.9. The van der Waals surface area contributed by atoms with E-state index in [2.05, 4.69) is 10.3 Å². The van der Waals surface area contributed by atoms with Crippen molar-refractivity contribution in [3.8, 4) is 5.69 Å². The minimum atomic E-state index is -0.603. The molecule has 0 unspecified atom stereocenters. The number of amides is 2. The number of nitrogens with zero attached hydrogens (tertiary/aromatic N) is 3. The maximum atomic E-state index is 13.1. The van der Waals surface area contributed by atoms with Gasteiger partial charge in [0.25, 0.3) is 11.5 Å². The zero-order valence-corrected chi connectivity index (χ0v) is 17.6. The Hall–Kier alpha value is -3.62. The molecule has 4 rings (SSSR count). The van der Waals surface area contributed by atoms with Gasteiger partial charge >= 0.3 is 5.69 Å². The summed E-state index contributed by atoms with van der Waals surface area (Å²) in [6.07, 6.45) is 3.66. The monoisotopic (exact) mass is 423 g/mol. The van der Waals surface area contributed by atoms with Crippen molar-refractivity contribution in [3.63, 3.8) is 0 Å². The van der Waals surface area contributed by atoms with E-state index in [4.69, 9.17) is 0 Å². The van der Waals surface area contributed by atoms with Crippen LogP contribution in [0.4, 0.5) is 0 Å². The lowest BCUT2D eigenvalue weighted by Gasteiger charge is -2.15. The van der Waals surface area contributed by atoms with Crippen LogP contribution in [0.15, 0.2) is 40.1 Å². The Kier molecular flexibility index (Phi) is 5.50. The number of likely N-dealkylation sites (tertiary alicyclic amines) is 1. The average molecular weight is 423 g/mol. The molecule has 2 aromatic heterocycles. The molecule has 0 atom stereocenters. The minimum Gasteiger partial charge on any atom is -0.352 e. The first-order valence-corrected chi connectivity index (χ1v) is 10.3. The fourth-order valence-corrected chi connectivity index (χ4v) is 3.98. The molecule has 1 aromatic carbocycles. The summed E-state index contributed by atoms with van der Waals surface area (Å²) in [5, 5.41) is 2.81. The number of fused-ring (bicyclic) bond motifs is 1. The van der Waals surface area contributed by atoms with Gasteiger partial charge in [-0.05, 0) is 31.9 Å². The molecule has 0 radical (unpaired) electrons. The van der Waals surface area contributed by atoms with Crippen molar-refractivity contribution in [2.24, 2.45) is 7.05 Å². The number of aromatic amines is 1. The van der Waals surface area contributed by atoms with Crippen LogP contribution in [0.25, 0.3) is 16.7 Å². The third kappa shape index (κ3) is 3.90. The summed E-state index contributed by atoms with van der Waals surface area (Å²) in [6.45, 7) is 3.69. The van der Waals surface area contributed by atoms with Crippen molar-refractivity contribution in [1.29, 1.82) is 0 Å². The van der Waals surface area contributed by atoms with Gasteiger partial charge in [0.15, 0.2) is 0 Å². The van der Waals surface area contributed by atoms with Crippen LogP contribution in [0, 0.1) is 6.92 Å². The number of nitrogens with one attached hydrogen (secondary N) is 2. The summed E-state index contributed by atoms with van der Waals surface area (Å²) < 4.78 is 2.62. The van der Waals surface area contributed by atoms with Crippen molar-refractivity contribution < 1.29 is 9.59 Å². The third-order valence-electron chi connectivity index (χ3n) is 5.62. The molecule has 2 amide bonds. The molecule has 31 heavy (non-hydrogen) atoms. The minimum absolute atomic E-state index is 0.155. The number of rotatable bonds is 6. The zero-order chi connectivity index (χ0) is 22.1. The Morgan fingerprint density at radius 1 is 1.16 bits per heavy atom. The normalized spacial score (nSPS) is 13.9. The lowest BCUT2D eigenvalue weighted by atomic mass is 10.2. The number of hydrogen-bond donors (Lipinski definition) is 2. The van der Waals surface area contributed by atoms with Gasteiger partial charge in [0.1, 0.15) is 5.52 Å². The summed E-state index contributed by atoms with van der Waals surface area (Å²) in [5.41, 5.74) is 1.08. The number of aryl methyl sites for hydroxylation is 2. The van der Waals surface area contributed by atoms with Crippen molar-refractivity contribution in [2.75, 3.05) is 19.6 Å². The largest absolute Gasteiger partial charge is 0.352 e. The van der Waals surface area contributed by atoms with E-state index in [1.807, 2.05) is 19.1 Å². The van der Waals surface area contributed by atoms with E-state index >= 15 is 0 Å². The number of carbonyl (C=O) groups is 2. The van der Waals surface area contributed by atoms with Crippen molar-refractivity contribution in [1.82, 2.24) is 24.3 Å². The number of benzene rings is 1. The van der Waals surface area contributed by atoms with E-state index in [9.17, 15) is 19.2 Å². The number of carbonyl (C=O) groups excluding carboxylic acids is 2. The maximum absolute atomic E-state index is 13.1. The number of aromatic nitrogens is 3. The van der Waals surface area contributed by atoms with Crippen LogP contribution in [-0.4, -0.2) is 50.5 Å². The predicted molar refractivity (Wildman–Crippen MR) is 117 cm³/mol. The molecule has 162 valence electrons. The lowest BCUT2D eigenvalue weighted by Crippen LogP contribution is -2.34. The Morgan fingerprint density at radius 3 is 2.58 bits per heavy atom. The van der Waals surface area contributed by atoms with Crippen molar-refractivity contribution in [2.45, 2.75) is 26.2 Å². The molecule has 3 aromatic rings. The molecule has 3 heterocycles. The van der Waals surface area contributed by atoms with Crippen LogP contribution in [0.1, 0.15) is 35.2 Å². The number of H-pyrrole nitrogens is 1. The fourth-order valence-electron chi connectivity index (χ4n) is 3.98. The maximum Gasteiger partial charge on any atom is 0.333 e. The third-order valence-corrected chi connectivity index (χ3v) is 5.62. The first kappa shape index (κ1) is 20.6. The molecular formula is C22H25N5O4. The molecule has 1 fully saturated rings. The topological polar surface area (TPSA) is 109 Å². The smallest absolute Gasteiger partial charge is 0.333 e. The van der Waals surface area contributed by atoms with Crippen LogP contribution in [-0.2, 0) is 11.8 Å². The Balaban J connectivity index is 1.57. The highest BCUT2D eigenvalue weighted by Gasteiger charge is 2.21. The molecular weight excluding hydrogens is 398 g/mol. The summed E-state index contributed by atoms with van der Waals surface area (Å²) in [5.74, 6) is -0.218. The van der Waals surface area contributed by atoms with Crippen LogP contribution < -0.4 is 16.6 Å². The van der Waals surface area contributed by atoms with Crippen LogP contribution in [0.3, 0.4) is 0 Å². The van der Waals surface area contributed by atoms with E-state index in [0.29, 0.717) is 31.6 Å². The van der Waals surface area contributed by atoms with E-state index in [-0.39, 0.29) is 28.4 Å². The average Bonchev–Trinajstić information content (AvgIpc) is 3.29. The molecule has 9 heteroatoms. The summed E-state index contributed by atoms with van der Waals surface area (Å²) >= 11 is 0. The van der Waals surface area contributed by atoms with Gasteiger partial charge in [-0.25, -0.2) is 9.36 Å². The molecule has 0 bridgehead atoms. The van der Waals surface area contributed by atoms with Gasteiger partial charge in [-0.3, -0.25) is 14.4 Å². The standard InChI is InChI=1S/C22H25N5O4/c1-14-6-8-15(9-7-14)27-21(30)19-18(24-22(27)31)16(13-25(19)2)20(29)23-10-4-12-26-11-3-5-17(26)28/h6-9,13H,3-5,10-12H2,1-2H3,(H,23,29)(H,24,31). The highest BCUT2D eigenvalue weighted by molar-refractivity contribution is 6.05. The molecule has 1 aliphatic heterocycles. The molecule has 1 aliphatic rings. The molecule has 2 N–H and O–H groups in total.